The maximum absolute atomic E-state index is 14.2. The predicted octanol–water partition coefficient (Wildman–Crippen LogP) is -2.62. The summed E-state index contributed by atoms with van der Waals surface area (Å²) in [6, 6.07) is -3.56. The predicted molar refractivity (Wildman–Crippen MR) is 289 cm³/mol. The number of alkyl carbamates (subject to hydrolysis) is 1. The Kier molecular flexibility index (Phi) is 26.0. The molecule has 2 aliphatic heterocycles. The third-order valence-electron chi connectivity index (χ3n) is 14.4. The molecule has 1 aromatic rings. The Morgan fingerprint density at radius 1 is 0.675 bits per heavy atom. The van der Waals surface area contributed by atoms with Gasteiger partial charge in [-0.1, -0.05) is 26.0 Å². The molecule has 83 heavy (non-hydrogen) atoms. The normalized spacial score (nSPS) is 22.1. The van der Waals surface area contributed by atoms with Gasteiger partial charge in [-0.2, -0.15) is 0 Å². The van der Waals surface area contributed by atoms with Gasteiger partial charge in [0, 0.05) is 33.0 Å². The number of primary amides is 3. The lowest BCUT2D eigenvalue weighted by molar-refractivity contribution is -0.141. The van der Waals surface area contributed by atoms with Crippen LogP contribution < -0.4 is 69.8 Å². The summed E-state index contributed by atoms with van der Waals surface area (Å²) in [7, 11) is 2.92. The number of benzene rings is 1. The molecular weight excluding hydrogens is 1100 g/mol. The van der Waals surface area contributed by atoms with Crippen molar-refractivity contribution < 1.29 is 91.4 Å². The van der Waals surface area contributed by atoms with E-state index < -0.39 is 157 Å². The fraction of sp³-hybridized carbons (Fsp3) is 0.654. The molecule has 17 N–H and O–H groups in total. The molecule has 11 atom stereocenters. The standard InChI is InChI=1S/C52H80N12O19/c1-27(2)10-16-36-51(3,83-36)42-41(80-5)35(18-19-52(42)26-81-52)82-50(78)59-25-38(66)60-31(8-6-20-56-48(54)76)44(72)58-24-37(65)61-34(23-40(69)70)47(75)64-33(22-28-11-13-29(79-4)14-12-28)46(74)63-32(9-7-21-57-49(55)77)45(73)62-30(43(53)71)15-17-39(67)68/h11-14,27,30-36,41-42H,6-10,15-26H2,1-5H3,(H2,53,71)(H,58,72)(H,59,78)(H,60,66)(H,61,65)(H,62,73)(H,63,74)(H,64,75)(H,67,68)(H,69,70)(H3,54,56,76)(H3,55,57,77)/t30-,31-,32-,33-,34-,35+,36+,41+,42+,51-,52-/m0/s1. The van der Waals surface area contributed by atoms with Crippen LogP contribution in [0.25, 0.3) is 0 Å². The number of carbonyl (C=O) groups excluding carboxylic acids is 10. The van der Waals surface area contributed by atoms with E-state index in [-0.39, 0.29) is 57.2 Å². The number of aliphatic carboxylic acids is 2. The van der Waals surface area contributed by atoms with Crippen LogP contribution in [0, 0.1) is 11.8 Å². The fourth-order valence-electron chi connectivity index (χ4n) is 9.92. The van der Waals surface area contributed by atoms with Crippen molar-refractivity contribution >= 4 is 71.4 Å². The summed E-state index contributed by atoms with van der Waals surface area (Å²) in [5.74, 6) is -9.50. The molecule has 1 saturated carbocycles. The second-order valence-electron chi connectivity index (χ2n) is 21.1. The highest BCUT2D eigenvalue weighted by Crippen LogP contribution is 2.59. The highest BCUT2D eigenvalue weighted by atomic mass is 16.6. The van der Waals surface area contributed by atoms with E-state index in [0.29, 0.717) is 36.7 Å². The number of rotatable bonds is 36. The number of carbonyl (C=O) groups is 12. The minimum Gasteiger partial charge on any atom is -0.497 e. The van der Waals surface area contributed by atoms with Crippen LogP contribution in [0.5, 0.6) is 5.75 Å². The topological polar surface area (TPSA) is 484 Å². The van der Waals surface area contributed by atoms with E-state index >= 15 is 0 Å². The summed E-state index contributed by atoms with van der Waals surface area (Å²) < 4.78 is 29.2. The number of carboxylic acids is 2. The average molecular weight is 1180 g/mol. The zero-order valence-corrected chi connectivity index (χ0v) is 47.2. The van der Waals surface area contributed by atoms with Gasteiger partial charge in [-0.05, 0) is 88.3 Å². The molecule has 1 aromatic carbocycles. The van der Waals surface area contributed by atoms with Gasteiger partial charge in [0.2, 0.25) is 41.4 Å². The first kappa shape index (κ1) is 67.4. The van der Waals surface area contributed by atoms with Gasteiger partial charge in [-0.15, -0.1) is 0 Å². The van der Waals surface area contributed by atoms with Crippen molar-refractivity contribution in [3.05, 3.63) is 29.8 Å². The first-order chi connectivity index (χ1) is 39.2. The average Bonchev–Trinajstić information content (AvgIpc) is 2.01. The van der Waals surface area contributed by atoms with E-state index in [9.17, 15) is 62.6 Å². The molecule has 0 bridgehead atoms. The van der Waals surface area contributed by atoms with Crippen molar-refractivity contribution in [3.63, 3.8) is 0 Å². The van der Waals surface area contributed by atoms with Crippen molar-refractivity contribution in [1.29, 1.82) is 0 Å². The van der Waals surface area contributed by atoms with Crippen LogP contribution in [0.15, 0.2) is 24.3 Å². The molecule has 3 fully saturated rings. The van der Waals surface area contributed by atoms with Crippen molar-refractivity contribution in [2.75, 3.05) is 47.0 Å². The van der Waals surface area contributed by atoms with E-state index in [2.05, 4.69) is 61.7 Å². The van der Waals surface area contributed by atoms with Crippen LogP contribution in [-0.4, -0.2) is 188 Å². The van der Waals surface area contributed by atoms with Gasteiger partial charge in [-0.3, -0.25) is 43.2 Å². The molecule has 31 nitrogen and oxygen atoms in total. The smallest absolute Gasteiger partial charge is 0.407 e. The van der Waals surface area contributed by atoms with Gasteiger partial charge in [0.1, 0.15) is 65.9 Å². The SMILES string of the molecule is COc1ccc(C[C@H](NC(=O)[C@H](CC(=O)O)NC(=O)CNC(=O)[C@H](CCCNC(N)=O)NC(=O)CNC(=O)O[C@@H]2CC[C@]3(CO3)[C@@H]([C@@]3(C)O[C@@H]3CCC(C)C)[C@@H]2OC)C(=O)N[C@@H](CCCNC(N)=O)C(=O)N[C@@H](CCC(=O)O)C(N)=O)cc1. The Bertz CT molecular complexity index is 2480. The van der Waals surface area contributed by atoms with Gasteiger partial charge in [0.05, 0.1) is 38.7 Å². The van der Waals surface area contributed by atoms with Crippen molar-refractivity contribution in [2.24, 2.45) is 29.0 Å². The van der Waals surface area contributed by atoms with E-state index in [4.69, 9.17) is 46.0 Å². The summed E-state index contributed by atoms with van der Waals surface area (Å²) in [5, 5.41) is 40.2. The third-order valence-corrected chi connectivity index (χ3v) is 14.4. The third kappa shape index (κ3) is 22.0. The number of hydrogen-bond donors (Lipinski definition) is 14. The largest absolute Gasteiger partial charge is 0.497 e. The highest BCUT2D eigenvalue weighted by molar-refractivity contribution is 5.97. The Labute approximate surface area is 478 Å². The molecular formula is C52H80N12O19. The van der Waals surface area contributed by atoms with E-state index in [1.165, 1.54) is 38.5 Å². The number of methoxy groups -OCH3 is 2. The number of urea groups is 2. The number of hydrogen-bond acceptors (Lipinski definition) is 17. The second-order valence-corrected chi connectivity index (χ2v) is 21.1. The van der Waals surface area contributed by atoms with Crippen LogP contribution in [0.2, 0.25) is 0 Å². The Morgan fingerprint density at radius 3 is 1.75 bits per heavy atom. The maximum atomic E-state index is 14.2. The van der Waals surface area contributed by atoms with Crippen LogP contribution in [0.3, 0.4) is 0 Å². The summed E-state index contributed by atoms with van der Waals surface area (Å²) in [4.78, 5) is 153. The lowest BCUT2D eigenvalue weighted by Crippen LogP contribution is -2.59. The molecule has 3 aliphatic rings. The first-order valence-corrected chi connectivity index (χ1v) is 27.2. The second kappa shape index (κ2) is 32.0. The number of carboxylic acid groups (broad SMARTS) is 2. The Morgan fingerprint density at radius 2 is 1.22 bits per heavy atom. The molecule has 31 heteroatoms. The fourth-order valence-corrected chi connectivity index (χ4v) is 9.92. The van der Waals surface area contributed by atoms with Gasteiger partial charge >= 0.3 is 30.1 Å². The molecule has 2 saturated heterocycles. The van der Waals surface area contributed by atoms with Gasteiger partial charge in [-0.25, -0.2) is 14.4 Å². The van der Waals surface area contributed by atoms with Crippen LogP contribution >= 0.6 is 0 Å². The lowest BCUT2D eigenvalue weighted by Gasteiger charge is -2.42. The summed E-state index contributed by atoms with van der Waals surface area (Å²) >= 11 is 0. The highest BCUT2D eigenvalue weighted by Gasteiger charge is 2.72. The minimum absolute atomic E-state index is 0.00771. The molecule has 1 aliphatic carbocycles. The summed E-state index contributed by atoms with van der Waals surface area (Å²) in [5.41, 5.74) is 15.1. The molecule has 12 amide bonds. The Hall–Kier alpha value is -8.06. The molecule has 2 heterocycles. The van der Waals surface area contributed by atoms with Crippen LogP contribution in [-0.2, 0) is 68.5 Å². The van der Waals surface area contributed by atoms with E-state index in [1.54, 1.807) is 0 Å². The van der Waals surface area contributed by atoms with Crippen molar-refractivity contribution in [1.82, 2.24) is 47.9 Å². The van der Waals surface area contributed by atoms with Crippen molar-refractivity contribution in [3.8, 4) is 5.75 Å². The van der Waals surface area contributed by atoms with Gasteiger partial charge in [0.25, 0.3) is 0 Å². The number of nitrogens with two attached hydrogens (primary N) is 3. The zero-order chi connectivity index (χ0) is 61.6. The summed E-state index contributed by atoms with van der Waals surface area (Å²) in [6.07, 6.45) is -2.12. The quantitative estimate of drug-likeness (QED) is 0.0242. The number of epoxide rings is 2. The molecule has 0 radical (unpaired) electrons. The minimum atomic E-state index is -1.91. The van der Waals surface area contributed by atoms with Gasteiger partial charge < -0.3 is 98.9 Å². The zero-order valence-electron chi connectivity index (χ0n) is 47.2. The molecule has 1 spiro atoms. The first-order valence-electron chi connectivity index (χ1n) is 27.2. The van der Waals surface area contributed by atoms with E-state index in [0.717, 1.165) is 12.8 Å². The lowest BCUT2D eigenvalue weighted by atomic mass is 9.68. The number of ether oxygens (including phenoxy) is 5. The van der Waals surface area contributed by atoms with E-state index in [1.807, 2.05) is 6.92 Å². The maximum Gasteiger partial charge on any atom is 0.407 e. The molecule has 0 aromatic heterocycles. The van der Waals surface area contributed by atoms with Crippen LogP contribution in [0.4, 0.5) is 14.4 Å². The molecule has 462 valence electrons. The van der Waals surface area contributed by atoms with Crippen LogP contribution in [0.1, 0.15) is 97.0 Å². The number of nitrogens with one attached hydrogen (secondary N) is 9. The summed E-state index contributed by atoms with van der Waals surface area (Å²) in [6.45, 7) is 5.11. The monoisotopic (exact) mass is 1180 g/mol. The van der Waals surface area contributed by atoms with Gasteiger partial charge in [0.15, 0.2) is 0 Å². The number of amides is 12. The molecule has 4 rings (SSSR count). The Balaban J connectivity index is 1.43. The van der Waals surface area contributed by atoms with Crippen molar-refractivity contribution in [2.45, 2.75) is 158 Å². The molecule has 0 unspecified atom stereocenters.